The number of methoxy groups -OCH3 is 1. The first kappa shape index (κ1) is 29.0. The van der Waals surface area contributed by atoms with Crippen LogP contribution >= 0.6 is 8.58 Å². The number of hydrogen-bond donors (Lipinski definition) is 1. The standard InChI is InChI=1S/C35H41O3P/c1-4-20-35(5-2,39-33-19-13-12-18-30(33)25-36)32-24-29(21-27-14-8-6-9-15-27)23-31(34(32)38-26-37-3)22-28-16-10-7-11-17-28/h6-19,23-24,36,39H,4-5,20-22,25-26H2,1-3H3. The molecule has 4 rings (SSSR count). The lowest BCUT2D eigenvalue weighted by atomic mass is 9.85. The molecular formula is C35H41O3P. The lowest BCUT2D eigenvalue weighted by Crippen LogP contribution is -2.26. The SMILES string of the molecule is CCCC(CC)(Pc1ccccc1CO)c1cc(Cc2ccccc2)cc(Cc2ccccc2)c1OCOC. The van der Waals surface area contributed by atoms with E-state index in [9.17, 15) is 5.11 Å². The molecule has 4 aromatic rings. The van der Waals surface area contributed by atoms with Crippen LogP contribution in [0.25, 0.3) is 0 Å². The first-order chi connectivity index (χ1) is 19.1. The highest BCUT2D eigenvalue weighted by molar-refractivity contribution is 7.48. The monoisotopic (exact) mass is 540 g/mol. The zero-order valence-corrected chi connectivity index (χ0v) is 24.5. The molecule has 39 heavy (non-hydrogen) atoms. The second-order valence-electron chi connectivity index (χ2n) is 10.1. The number of ether oxygens (including phenoxy) is 2. The largest absolute Gasteiger partial charge is 0.467 e. The second kappa shape index (κ2) is 14.4. The Balaban J connectivity index is 1.92. The van der Waals surface area contributed by atoms with Crippen molar-refractivity contribution in [3.8, 4) is 5.75 Å². The van der Waals surface area contributed by atoms with Crippen LogP contribution in [0.15, 0.2) is 97.1 Å². The normalized spacial score (nSPS) is 13.0. The summed E-state index contributed by atoms with van der Waals surface area (Å²) < 4.78 is 11.9. The number of benzene rings is 4. The lowest BCUT2D eigenvalue weighted by Gasteiger charge is -2.37. The molecule has 0 aliphatic carbocycles. The molecule has 0 spiro atoms. The number of aliphatic hydroxyl groups is 1. The maximum atomic E-state index is 10.1. The van der Waals surface area contributed by atoms with Crippen molar-refractivity contribution in [3.05, 3.63) is 130 Å². The van der Waals surface area contributed by atoms with Gasteiger partial charge in [0.25, 0.3) is 0 Å². The molecule has 0 aromatic heterocycles. The molecule has 204 valence electrons. The summed E-state index contributed by atoms with van der Waals surface area (Å²) in [4.78, 5) is 0. The van der Waals surface area contributed by atoms with E-state index in [2.05, 4.69) is 98.8 Å². The van der Waals surface area contributed by atoms with Gasteiger partial charge in [0.15, 0.2) is 6.79 Å². The predicted octanol–water partition coefficient (Wildman–Crippen LogP) is 7.75. The number of aliphatic hydroxyl groups excluding tert-OH is 1. The van der Waals surface area contributed by atoms with Gasteiger partial charge >= 0.3 is 0 Å². The van der Waals surface area contributed by atoms with Gasteiger partial charge < -0.3 is 14.6 Å². The molecule has 0 aliphatic rings. The summed E-state index contributed by atoms with van der Waals surface area (Å²) in [5.41, 5.74) is 7.30. The molecule has 0 aliphatic heterocycles. The molecule has 1 N–H and O–H groups in total. The van der Waals surface area contributed by atoms with Crippen molar-refractivity contribution in [1.29, 1.82) is 0 Å². The topological polar surface area (TPSA) is 38.7 Å². The van der Waals surface area contributed by atoms with Crippen molar-refractivity contribution in [2.24, 2.45) is 0 Å². The fourth-order valence-corrected chi connectivity index (χ4v) is 7.35. The summed E-state index contributed by atoms with van der Waals surface area (Å²) >= 11 is 0. The maximum absolute atomic E-state index is 10.1. The van der Waals surface area contributed by atoms with Gasteiger partial charge in [-0.25, -0.2) is 0 Å². The molecule has 3 nitrogen and oxygen atoms in total. The van der Waals surface area contributed by atoms with E-state index in [1.54, 1.807) is 7.11 Å². The van der Waals surface area contributed by atoms with E-state index in [0.717, 1.165) is 43.4 Å². The first-order valence-electron chi connectivity index (χ1n) is 13.9. The summed E-state index contributed by atoms with van der Waals surface area (Å²) in [6.45, 7) is 4.82. The second-order valence-corrected chi connectivity index (χ2v) is 11.9. The van der Waals surface area contributed by atoms with Gasteiger partial charge in [-0.2, -0.15) is 0 Å². The van der Waals surface area contributed by atoms with Gasteiger partial charge in [-0.3, -0.25) is 0 Å². The molecule has 4 heteroatoms. The van der Waals surface area contributed by atoms with Crippen molar-refractivity contribution in [2.75, 3.05) is 13.9 Å². The fraction of sp³-hybridized carbons (Fsp3) is 0.314. The molecule has 0 saturated carbocycles. The van der Waals surface area contributed by atoms with Crippen molar-refractivity contribution in [2.45, 2.75) is 57.7 Å². The average molecular weight is 541 g/mol. The van der Waals surface area contributed by atoms with Gasteiger partial charge in [-0.05, 0) is 52.4 Å². The van der Waals surface area contributed by atoms with Gasteiger partial charge in [0.1, 0.15) is 5.75 Å². The molecule has 0 fully saturated rings. The van der Waals surface area contributed by atoms with E-state index >= 15 is 0 Å². The maximum Gasteiger partial charge on any atom is 0.188 e. The third kappa shape index (κ3) is 7.37. The third-order valence-corrected chi connectivity index (χ3v) is 9.50. The quantitative estimate of drug-likeness (QED) is 0.131. The summed E-state index contributed by atoms with van der Waals surface area (Å²) in [7, 11) is 2.18. The Bertz CT molecular complexity index is 1310. The zero-order valence-electron chi connectivity index (χ0n) is 23.5. The summed E-state index contributed by atoms with van der Waals surface area (Å²) in [6, 6.07) is 34.3. The van der Waals surface area contributed by atoms with Gasteiger partial charge in [0.05, 0.1) is 6.61 Å². The fourth-order valence-electron chi connectivity index (χ4n) is 5.46. The molecule has 0 saturated heterocycles. The molecule has 0 heterocycles. The van der Waals surface area contributed by atoms with Gasteiger partial charge in [-0.1, -0.05) is 126 Å². The van der Waals surface area contributed by atoms with Crippen LogP contribution in [0.4, 0.5) is 0 Å². The Kier molecular flexibility index (Phi) is 10.7. The Morgan fingerprint density at radius 3 is 2.00 bits per heavy atom. The average Bonchev–Trinajstić information content (AvgIpc) is 2.97. The van der Waals surface area contributed by atoms with Crippen molar-refractivity contribution < 1.29 is 14.6 Å². The Morgan fingerprint density at radius 1 is 0.744 bits per heavy atom. The van der Waals surface area contributed by atoms with E-state index in [1.807, 2.05) is 12.1 Å². The molecule has 0 bridgehead atoms. The van der Waals surface area contributed by atoms with Gasteiger partial charge in [0, 0.05) is 24.3 Å². The summed E-state index contributed by atoms with van der Waals surface area (Å²) in [5, 5.41) is 11.2. The highest BCUT2D eigenvalue weighted by atomic mass is 31.1. The summed E-state index contributed by atoms with van der Waals surface area (Å²) in [6.07, 6.45) is 4.72. The molecule has 2 unspecified atom stereocenters. The lowest BCUT2D eigenvalue weighted by molar-refractivity contribution is 0.0492. The van der Waals surface area contributed by atoms with Crippen LogP contribution in [-0.2, 0) is 29.3 Å². The highest BCUT2D eigenvalue weighted by Gasteiger charge is 2.35. The van der Waals surface area contributed by atoms with E-state index in [0.29, 0.717) is 8.58 Å². The number of hydrogen-bond acceptors (Lipinski definition) is 3. The minimum Gasteiger partial charge on any atom is -0.467 e. The van der Waals surface area contributed by atoms with Gasteiger partial charge in [0.2, 0.25) is 0 Å². The first-order valence-corrected chi connectivity index (χ1v) is 14.9. The van der Waals surface area contributed by atoms with Crippen molar-refractivity contribution in [1.82, 2.24) is 0 Å². The van der Waals surface area contributed by atoms with Crippen LogP contribution in [0.5, 0.6) is 5.75 Å². The Labute approximate surface area is 236 Å². The van der Waals surface area contributed by atoms with Crippen molar-refractivity contribution >= 4 is 13.9 Å². The zero-order chi connectivity index (χ0) is 27.5. The molecule has 2 atom stereocenters. The van der Waals surface area contributed by atoms with E-state index in [1.165, 1.54) is 33.1 Å². The minimum absolute atomic E-state index is 0.0510. The van der Waals surface area contributed by atoms with Crippen LogP contribution in [0.1, 0.15) is 66.5 Å². The third-order valence-electron chi connectivity index (χ3n) is 7.39. The van der Waals surface area contributed by atoms with Crippen LogP contribution in [-0.4, -0.2) is 19.0 Å². The Hall–Kier alpha value is -2.97. The van der Waals surface area contributed by atoms with Gasteiger partial charge in [-0.15, -0.1) is 0 Å². The van der Waals surface area contributed by atoms with E-state index in [-0.39, 0.29) is 18.6 Å². The van der Waals surface area contributed by atoms with Crippen LogP contribution in [0, 0.1) is 0 Å². The van der Waals surface area contributed by atoms with E-state index in [4.69, 9.17) is 9.47 Å². The Morgan fingerprint density at radius 2 is 1.38 bits per heavy atom. The summed E-state index contributed by atoms with van der Waals surface area (Å²) in [5.74, 6) is 0.946. The highest BCUT2D eigenvalue weighted by Crippen LogP contribution is 2.52. The van der Waals surface area contributed by atoms with Crippen LogP contribution in [0.3, 0.4) is 0 Å². The minimum atomic E-state index is -0.124. The molecule has 4 aromatic carbocycles. The smallest absolute Gasteiger partial charge is 0.188 e. The molecular weight excluding hydrogens is 499 g/mol. The van der Waals surface area contributed by atoms with E-state index < -0.39 is 0 Å². The molecule has 0 radical (unpaired) electrons. The molecule has 0 amide bonds. The predicted molar refractivity (Wildman–Crippen MR) is 165 cm³/mol. The van der Waals surface area contributed by atoms with Crippen LogP contribution < -0.4 is 10.0 Å². The van der Waals surface area contributed by atoms with Crippen molar-refractivity contribution in [3.63, 3.8) is 0 Å². The number of rotatable bonds is 14. The van der Waals surface area contributed by atoms with Crippen LogP contribution in [0.2, 0.25) is 0 Å².